The monoisotopic (exact) mass is 129 g/mol. The van der Waals surface area contributed by atoms with Crippen LogP contribution < -0.4 is 0 Å². The summed E-state index contributed by atoms with van der Waals surface area (Å²) >= 11 is 0. The van der Waals surface area contributed by atoms with Gasteiger partial charge in [-0.2, -0.15) is 5.06 Å². The molecule has 0 spiro atoms. The Morgan fingerprint density at radius 1 is 1.44 bits per heavy atom. The predicted molar refractivity (Wildman–Crippen MR) is 31.8 cm³/mol. The topological polar surface area (TPSA) is 21.7 Å². The second-order valence-electron chi connectivity index (χ2n) is 2.75. The fourth-order valence-corrected chi connectivity index (χ4v) is 1.47. The minimum Gasteiger partial charge on any atom is -0.378 e. The summed E-state index contributed by atoms with van der Waals surface area (Å²) in [7, 11) is 1.97. The van der Waals surface area contributed by atoms with Crippen LogP contribution in [0.2, 0.25) is 0 Å². The van der Waals surface area contributed by atoms with Crippen LogP contribution in [0.3, 0.4) is 0 Å². The van der Waals surface area contributed by atoms with Gasteiger partial charge in [-0.3, -0.25) is 4.84 Å². The van der Waals surface area contributed by atoms with Crippen LogP contribution in [0.1, 0.15) is 0 Å². The van der Waals surface area contributed by atoms with Crippen molar-refractivity contribution in [3.8, 4) is 0 Å². The van der Waals surface area contributed by atoms with Crippen molar-refractivity contribution in [2.75, 3.05) is 26.8 Å². The molecule has 0 aromatic heterocycles. The first-order valence-corrected chi connectivity index (χ1v) is 3.32. The lowest BCUT2D eigenvalue weighted by molar-refractivity contribution is -0.134. The van der Waals surface area contributed by atoms with Gasteiger partial charge in [0.2, 0.25) is 0 Å². The smallest absolute Gasteiger partial charge is 0.109 e. The van der Waals surface area contributed by atoms with E-state index >= 15 is 0 Å². The highest BCUT2D eigenvalue weighted by Crippen LogP contribution is 2.24. The van der Waals surface area contributed by atoms with Crippen molar-refractivity contribution in [2.24, 2.45) is 5.92 Å². The molecule has 2 saturated heterocycles. The van der Waals surface area contributed by atoms with E-state index in [1.165, 1.54) is 0 Å². The minimum absolute atomic E-state index is 0.356. The highest BCUT2D eigenvalue weighted by Gasteiger charge is 2.36. The van der Waals surface area contributed by atoms with Gasteiger partial charge in [0.25, 0.3) is 0 Å². The minimum atomic E-state index is 0.356. The average molecular weight is 129 g/mol. The zero-order valence-corrected chi connectivity index (χ0v) is 5.54. The van der Waals surface area contributed by atoms with Crippen LogP contribution in [-0.2, 0) is 9.57 Å². The number of rotatable bonds is 0. The summed E-state index contributed by atoms with van der Waals surface area (Å²) in [5.41, 5.74) is 0. The first-order valence-electron chi connectivity index (χ1n) is 3.32. The van der Waals surface area contributed by atoms with Crippen molar-refractivity contribution < 1.29 is 9.57 Å². The molecule has 0 bridgehead atoms. The molecule has 0 saturated carbocycles. The zero-order chi connectivity index (χ0) is 6.27. The van der Waals surface area contributed by atoms with Gasteiger partial charge in [-0.15, -0.1) is 0 Å². The summed E-state index contributed by atoms with van der Waals surface area (Å²) in [4.78, 5) is 5.39. The van der Waals surface area contributed by atoms with Gasteiger partial charge in [-0.25, -0.2) is 0 Å². The van der Waals surface area contributed by atoms with Crippen molar-refractivity contribution >= 4 is 0 Å². The molecule has 3 heteroatoms. The second-order valence-corrected chi connectivity index (χ2v) is 2.75. The molecule has 0 aliphatic carbocycles. The normalized spacial score (nSPS) is 43.7. The first kappa shape index (κ1) is 5.65. The molecule has 2 aliphatic heterocycles. The zero-order valence-electron chi connectivity index (χ0n) is 5.54. The first-order chi connectivity index (χ1) is 4.36. The third-order valence-corrected chi connectivity index (χ3v) is 1.95. The van der Waals surface area contributed by atoms with Gasteiger partial charge in [0, 0.05) is 19.5 Å². The van der Waals surface area contributed by atoms with E-state index in [0.717, 1.165) is 19.8 Å². The highest BCUT2D eigenvalue weighted by molar-refractivity contribution is 4.80. The quantitative estimate of drug-likeness (QED) is 0.455. The van der Waals surface area contributed by atoms with Gasteiger partial charge < -0.3 is 4.74 Å². The molecule has 52 valence electrons. The number of hydroxylamine groups is 2. The second kappa shape index (κ2) is 1.94. The summed E-state index contributed by atoms with van der Waals surface area (Å²) in [6.45, 7) is 2.70. The summed E-state index contributed by atoms with van der Waals surface area (Å²) in [6, 6.07) is 0. The molecule has 0 N–H and O–H groups in total. The maximum Gasteiger partial charge on any atom is 0.109 e. The number of fused-ring (bicyclic) bond motifs is 1. The molecule has 2 aliphatic rings. The van der Waals surface area contributed by atoms with Gasteiger partial charge in [0.05, 0.1) is 13.2 Å². The number of hydrogen-bond donors (Lipinski definition) is 0. The van der Waals surface area contributed by atoms with Gasteiger partial charge in [0.1, 0.15) is 6.10 Å². The van der Waals surface area contributed by atoms with Crippen LogP contribution in [0.5, 0.6) is 0 Å². The molecule has 2 rings (SSSR count). The van der Waals surface area contributed by atoms with Crippen LogP contribution in [0.25, 0.3) is 0 Å². The van der Waals surface area contributed by atoms with Gasteiger partial charge in [-0.1, -0.05) is 0 Å². The molecule has 3 nitrogen and oxygen atoms in total. The van der Waals surface area contributed by atoms with E-state index in [-0.39, 0.29) is 0 Å². The van der Waals surface area contributed by atoms with Crippen molar-refractivity contribution in [1.29, 1.82) is 0 Å². The molecular formula is C6H11NO2. The SMILES string of the molecule is CN1CC2COCC2O1. The third-order valence-electron chi connectivity index (χ3n) is 1.95. The molecule has 2 atom stereocenters. The molecule has 0 amide bonds. The number of hydrogen-bond acceptors (Lipinski definition) is 3. The Morgan fingerprint density at radius 3 is 3.11 bits per heavy atom. The maximum atomic E-state index is 5.39. The molecule has 2 fully saturated rings. The molecule has 0 aromatic carbocycles. The Hall–Kier alpha value is -0.120. The predicted octanol–water partition coefficient (Wildman–Crippen LogP) is -0.122. The fraction of sp³-hybridized carbons (Fsp3) is 1.00. The van der Waals surface area contributed by atoms with E-state index in [1.807, 2.05) is 12.1 Å². The molecule has 9 heavy (non-hydrogen) atoms. The van der Waals surface area contributed by atoms with E-state index in [1.54, 1.807) is 0 Å². The molecule has 2 unspecified atom stereocenters. The van der Waals surface area contributed by atoms with Crippen LogP contribution in [-0.4, -0.2) is 38.0 Å². The summed E-state index contributed by atoms with van der Waals surface area (Å²) in [5, 5.41) is 1.90. The number of ether oxygens (including phenoxy) is 1. The summed E-state index contributed by atoms with van der Waals surface area (Å²) in [5.74, 6) is 0.634. The van der Waals surface area contributed by atoms with E-state index in [4.69, 9.17) is 9.57 Å². The van der Waals surface area contributed by atoms with Crippen molar-refractivity contribution in [1.82, 2.24) is 5.06 Å². The summed E-state index contributed by atoms with van der Waals surface area (Å²) < 4.78 is 5.21. The average Bonchev–Trinajstić information content (AvgIpc) is 2.22. The van der Waals surface area contributed by atoms with E-state index < -0.39 is 0 Å². The third kappa shape index (κ3) is 0.852. The summed E-state index contributed by atoms with van der Waals surface area (Å²) in [6.07, 6.45) is 0.356. The van der Waals surface area contributed by atoms with Crippen molar-refractivity contribution in [2.45, 2.75) is 6.10 Å². The van der Waals surface area contributed by atoms with Gasteiger partial charge >= 0.3 is 0 Å². The lowest BCUT2D eigenvalue weighted by atomic mass is 10.1. The Morgan fingerprint density at radius 2 is 2.33 bits per heavy atom. The molecule has 0 aromatic rings. The van der Waals surface area contributed by atoms with E-state index in [2.05, 4.69) is 0 Å². The lowest BCUT2D eigenvalue weighted by Crippen LogP contribution is -2.15. The molecule has 0 radical (unpaired) electrons. The molecular weight excluding hydrogens is 118 g/mol. The maximum absolute atomic E-state index is 5.39. The van der Waals surface area contributed by atoms with Gasteiger partial charge in [-0.05, 0) is 0 Å². The highest BCUT2D eigenvalue weighted by atomic mass is 16.7. The van der Waals surface area contributed by atoms with Gasteiger partial charge in [0.15, 0.2) is 0 Å². The Balaban J connectivity index is 2.02. The van der Waals surface area contributed by atoms with Crippen LogP contribution in [0.4, 0.5) is 0 Å². The Kier molecular flexibility index (Phi) is 1.22. The standard InChI is InChI=1S/C6H11NO2/c1-7-2-5-3-8-4-6(5)9-7/h5-6H,2-4H2,1H3. The van der Waals surface area contributed by atoms with E-state index in [9.17, 15) is 0 Å². The van der Waals surface area contributed by atoms with Crippen LogP contribution >= 0.6 is 0 Å². The lowest BCUT2D eigenvalue weighted by Gasteiger charge is -2.07. The van der Waals surface area contributed by atoms with Crippen molar-refractivity contribution in [3.63, 3.8) is 0 Å². The Labute approximate surface area is 54.5 Å². The van der Waals surface area contributed by atoms with Crippen molar-refractivity contribution in [3.05, 3.63) is 0 Å². The molecule has 2 heterocycles. The van der Waals surface area contributed by atoms with Crippen LogP contribution in [0.15, 0.2) is 0 Å². The van der Waals surface area contributed by atoms with E-state index in [0.29, 0.717) is 12.0 Å². The van der Waals surface area contributed by atoms with Crippen LogP contribution in [0, 0.1) is 5.92 Å². The fourth-order valence-electron chi connectivity index (χ4n) is 1.47. The Bertz CT molecular complexity index is 106. The number of nitrogens with zero attached hydrogens (tertiary/aromatic N) is 1. The largest absolute Gasteiger partial charge is 0.378 e.